The minimum absolute atomic E-state index is 0.0271. The molecular formula is C12H12N2O3. The lowest BCUT2D eigenvalue weighted by Crippen LogP contribution is -2.40. The van der Waals surface area contributed by atoms with Crippen LogP contribution in [0.5, 0.6) is 0 Å². The highest BCUT2D eigenvalue weighted by Gasteiger charge is 2.31. The van der Waals surface area contributed by atoms with E-state index in [-0.39, 0.29) is 24.7 Å². The first-order chi connectivity index (χ1) is 8.15. The van der Waals surface area contributed by atoms with Crippen molar-refractivity contribution in [3.8, 4) is 0 Å². The molecule has 1 atom stereocenters. The van der Waals surface area contributed by atoms with Crippen LogP contribution < -0.4 is 10.6 Å². The third-order valence-electron chi connectivity index (χ3n) is 2.51. The normalized spacial score (nSPS) is 18.9. The molecule has 0 bridgehead atoms. The Kier molecular flexibility index (Phi) is 3.18. The summed E-state index contributed by atoms with van der Waals surface area (Å²) in [4.78, 5) is 33.8. The van der Waals surface area contributed by atoms with E-state index in [0.29, 0.717) is 0 Å². The van der Waals surface area contributed by atoms with E-state index in [9.17, 15) is 14.4 Å². The summed E-state index contributed by atoms with van der Waals surface area (Å²) in [6.07, 6.45) is 0.234. The monoisotopic (exact) mass is 232 g/mol. The number of nitrogens with one attached hydrogen (secondary N) is 2. The summed E-state index contributed by atoms with van der Waals surface area (Å²) in [5, 5.41) is 4.68. The third-order valence-corrected chi connectivity index (χ3v) is 2.51. The second kappa shape index (κ2) is 4.78. The Balaban J connectivity index is 1.90. The molecule has 1 aromatic rings. The Hall–Kier alpha value is -2.17. The van der Waals surface area contributed by atoms with Crippen LogP contribution in [-0.2, 0) is 20.8 Å². The second-order valence-electron chi connectivity index (χ2n) is 3.90. The van der Waals surface area contributed by atoms with Gasteiger partial charge < -0.3 is 5.32 Å². The van der Waals surface area contributed by atoms with Crippen molar-refractivity contribution in [2.75, 3.05) is 0 Å². The molecule has 1 fully saturated rings. The largest absolute Gasteiger partial charge is 0.343 e. The molecule has 1 aliphatic heterocycles. The molecule has 1 aromatic carbocycles. The predicted octanol–water partition coefficient (Wildman–Crippen LogP) is -0.240. The van der Waals surface area contributed by atoms with Crippen molar-refractivity contribution < 1.29 is 14.4 Å². The fourth-order valence-corrected chi connectivity index (χ4v) is 1.70. The Bertz CT molecular complexity index is 456. The smallest absolute Gasteiger partial charge is 0.249 e. The highest BCUT2D eigenvalue weighted by atomic mass is 16.2. The molecule has 88 valence electrons. The van der Waals surface area contributed by atoms with Crippen molar-refractivity contribution in [3.05, 3.63) is 35.9 Å². The molecule has 0 spiro atoms. The van der Waals surface area contributed by atoms with Gasteiger partial charge in [-0.1, -0.05) is 30.3 Å². The van der Waals surface area contributed by atoms with Gasteiger partial charge in [0, 0.05) is 0 Å². The summed E-state index contributed by atoms with van der Waals surface area (Å²) in [6, 6.07) is 8.49. The zero-order valence-corrected chi connectivity index (χ0v) is 9.10. The third kappa shape index (κ3) is 2.90. The van der Waals surface area contributed by atoms with Crippen molar-refractivity contribution in [2.24, 2.45) is 0 Å². The zero-order valence-electron chi connectivity index (χ0n) is 9.10. The van der Waals surface area contributed by atoms with E-state index in [0.717, 1.165) is 5.56 Å². The molecule has 5 heteroatoms. The molecule has 17 heavy (non-hydrogen) atoms. The molecule has 5 nitrogen and oxygen atoms in total. The summed E-state index contributed by atoms with van der Waals surface area (Å²) in [5.74, 6) is -1.04. The van der Waals surface area contributed by atoms with Gasteiger partial charge in [0.15, 0.2) is 0 Å². The average Bonchev–Trinajstić information content (AvgIpc) is 2.58. The van der Waals surface area contributed by atoms with Crippen LogP contribution in [0.15, 0.2) is 30.3 Å². The maximum absolute atomic E-state index is 11.6. The van der Waals surface area contributed by atoms with Crippen LogP contribution in [0.3, 0.4) is 0 Å². The molecule has 1 aliphatic rings. The average molecular weight is 232 g/mol. The number of amides is 3. The number of imide groups is 1. The van der Waals surface area contributed by atoms with Crippen LogP contribution in [0.2, 0.25) is 0 Å². The maximum Gasteiger partial charge on any atom is 0.249 e. The Morgan fingerprint density at radius 1 is 1.29 bits per heavy atom. The minimum Gasteiger partial charge on any atom is -0.343 e. The van der Waals surface area contributed by atoms with E-state index in [2.05, 4.69) is 10.6 Å². The van der Waals surface area contributed by atoms with Gasteiger partial charge in [-0.2, -0.15) is 0 Å². The number of rotatable bonds is 3. The minimum atomic E-state index is -0.723. The molecule has 0 aliphatic carbocycles. The number of benzene rings is 1. The molecule has 1 heterocycles. The standard InChI is InChI=1S/C12H12N2O3/c15-10(6-8-4-2-1-3-5-8)13-9-7-11(16)14-12(9)17/h1-5,9H,6-7H2,(H,13,15)(H,14,16,17). The lowest BCUT2D eigenvalue weighted by molar-refractivity contribution is -0.128. The number of hydrogen-bond donors (Lipinski definition) is 2. The Morgan fingerprint density at radius 3 is 2.59 bits per heavy atom. The van der Waals surface area contributed by atoms with Gasteiger partial charge in [0.25, 0.3) is 0 Å². The number of carbonyl (C=O) groups excluding carboxylic acids is 3. The van der Waals surface area contributed by atoms with Gasteiger partial charge in [-0.25, -0.2) is 0 Å². The topological polar surface area (TPSA) is 75.3 Å². The van der Waals surface area contributed by atoms with E-state index in [1.807, 2.05) is 30.3 Å². The van der Waals surface area contributed by atoms with Crippen LogP contribution in [0, 0.1) is 0 Å². The van der Waals surface area contributed by atoms with E-state index < -0.39 is 11.9 Å². The lowest BCUT2D eigenvalue weighted by atomic mass is 10.1. The predicted molar refractivity (Wildman–Crippen MR) is 59.8 cm³/mol. The first-order valence-corrected chi connectivity index (χ1v) is 5.32. The molecule has 2 rings (SSSR count). The van der Waals surface area contributed by atoms with Gasteiger partial charge in [0.1, 0.15) is 6.04 Å². The summed E-state index contributed by atoms with van der Waals surface area (Å²) < 4.78 is 0. The van der Waals surface area contributed by atoms with Crippen molar-refractivity contribution >= 4 is 17.7 Å². The van der Waals surface area contributed by atoms with E-state index in [1.54, 1.807) is 0 Å². The molecule has 0 saturated carbocycles. The van der Waals surface area contributed by atoms with E-state index in [4.69, 9.17) is 0 Å². The van der Waals surface area contributed by atoms with Crippen LogP contribution in [0.4, 0.5) is 0 Å². The summed E-state index contributed by atoms with van der Waals surface area (Å²) in [7, 11) is 0. The number of carbonyl (C=O) groups is 3. The highest BCUT2D eigenvalue weighted by Crippen LogP contribution is 2.03. The van der Waals surface area contributed by atoms with Crippen molar-refractivity contribution in [3.63, 3.8) is 0 Å². The van der Waals surface area contributed by atoms with E-state index in [1.165, 1.54) is 0 Å². The van der Waals surface area contributed by atoms with Gasteiger partial charge in [0.05, 0.1) is 12.8 Å². The molecular weight excluding hydrogens is 220 g/mol. The summed E-state index contributed by atoms with van der Waals surface area (Å²) in [5.41, 5.74) is 0.870. The fraction of sp³-hybridized carbons (Fsp3) is 0.250. The Morgan fingerprint density at radius 2 is 2.00 bits per heavy atom. The van der Waals surface area contributed by atoms with Gasteiger partial charge >= 0.3 is 0 Å². The van der Waals surface area contributed by atoms with Gasteiger partial charge in [-0.05, 0) is 5.56 Å². The molecule has 1 saturated heterocycles. The SMILES string of the molecule is O=C1CC(NC(=O)Cc2ccccc2)C(=O)N1. The van der Waals surface area contributed by atoms with Crippen LogP contribution >= 0.6 is 0 Å². The fourth-order valence-electron chi connectivity index (χ4n) is 1.70. The van der Waals surface area contributed by atoms with Gasteiger partial charge in [0.2, 0.25) is 17.7 Å². The van der Waals surface area contributed by atoms with Gasteiger partial charge in [-0.3, -0.25) is 19.7 Å². The molecule has 0 radical (unpaired) electrons. The van der Waals surface area contributed by atoms with Crippen molar-refractivity contribution in [2.45, 2.75) is 18.9 Å². The summed E-state index contributed by atoms with van der Waals surface area (Å²) in [6.45, 7) is 0. The summed E-state index contributed by atoms with van der Waals surface area (Å²) >= 11 is 0. The Labute approximate surface area is 98.2 Å². The van der Waals surface area contributed by atoms with Crippen LogP contribution in [0.1, 0.15) is 12.0 Å². The van der Waals surface area contributed by atoms with Crippen molar-refractivity contribution in [1.29, 1.82) is 0 Å². The highest BCUT2D eigenvalue weighted by molar-refractivity contribution is 6.06. The van der Waals surface area contributed by atoms with Crippen LogP contribution in [-0.4, -0.2) is 23.8 Å². The zero-order chi connectivity index (χ0) is 12.3. The van der Waals surface area contributed by atoms with E-state index >= 15 is 0 Å². The maximum atomic E-state index is 11.6. The lowest BCUT2D eigenvalue weighted by Gasteiger charge is -2.08. The second-order valence-corrected chi connectivity index (χ2v) is 3.90. The molecule has 2 N–H and O–H groups in total. The molecule has 0 aromatic heterocycles. The van der Waals surface area contributed by atoms with Crippen molar-refractivity contribution in [1.82, 2.24) is 10.6 Å². The molecule has 3 amide bonds. The van der Waals surface area contributed by atoms with Crippen LogP contribution in [0.25, 0.3) is 0 Å². The van der Waals surface area contributed by atoms with Gasteiger partial charge in [-0.15, -0.1) is 0 Å². The molecule has 1 unspecified atom stereocenters. The first kappa shape index (κ1) is 11.3. The quantitative estimate of drug-likeness (QED) is 0.706. The first-order valence-electron chi connectivity index (χ1n) is 5.32. The number of hydrogen-bond acceptors (Lipinski definition) is 3.